The molecule has 0 amide bonds. The van der Waals surface area contributed by atoms with E-state index in [2.05, 4.69) is 14.8 Å². The van der Waals surface area contributed by atoms with Crippen molar-refractivity contribution < 1.29 is 17.9 Å². The summed E-state index contributed by atoms with van der Waals surface area (Å²) >= 11 is 0. The summed E-state index contributed by atoms with van der Waals surface area (Å²) in [7, 11) is -2.44. The second kappa shape index (κ2) is 6.32. The van der Waals surface area contributed by atoms with Gasteiger partial charge in [-0.15, -0.1) is 0 Å². The lowest BCUT2D eigenvalue weighted by Gasteiger charge is -2.14. The number of rotatable bonds is 6. The Morgan fingerprint density at radius 2 is 2.29 bits per heavy atom. The minimum Gasteiger partial charge on any atom is -0.468 e. The minimum absolute atomic E-state index is 0.349. The molecule has 0 aromatic heterocycles. The van der Waals surface area contributed by atoms with Gasteiger partial charge in [-0.3, -0.25) is 4.79 Å². The molecule has 1 heterocycles. The van der Waals surface area contributed by atoms with E-state index in [1.807, 2.05) is 0 Å². The third-order valence-corrected chi connectivity index (χ3v) is 4.69. The van der Waals surface area contributed by atoms with Gasteiger partial charge in [-0.05, 0) is 32.7 Å². The number of carbonyl (C=O) groups is 1. The van der Waals surface area contributed by atoms with Crippen LogP contribution in [-0.4, -0.2) is 45.9 Å². The van der Waals surface area contributed by atoms with Crippen LogP contribution in [0.15, 0.2) is 0 Å². The van der Waals surface area contributed by atoms with Crippen LogP contribution < -0.4 is 10.0 Å². The Balaban J connectivity index is 2.35. The first-order chi connectivity index (χ1) is 7.97. The predicted octanol–water partition coefficient (Wildman–Crippen LogP) is -0.391. The second-order valence-electron chi connectivity index (χ2n) is 4.19. The van der Waals surface area contributed by atoms with Gasteiger partial charge in [-0.1, -0.05) is 0 Å². The molecular formula is C10H20N2O4S. The monoisotopic (exact) mass is 264 g/mol. The zero-order valence-electron chi connectivity index (χ0n) is 10.2. The first-order valence-corrected chi connectivity index (χ1v) is 7.31. The number of carbonyl (C=O) groups excluding carboxylic acids is 1. The molecule has 2 atom stereocenters. The molecule has 1 rings (SSSR count). The summed E-state index contributed by atoms with van der Waals surface area (Å²) in [5, 5.41) is 2.12. The second-order valence-corrected chi connectivity index (χ2v) is 6.27. The molecule has 7 heteroatoms. The van der Waals surface area contributed by atoms with E-state index in [1.165, 1.54) is 14.0 Å². The quantitative estimate of drug-likeness (QED) is 0.638. The molecule has 17 heavy (non-hydrogen) atoms. The minimum atomic E-state index is -3.62. The molecule has 0 aromatic rings. The standard InChI is InChI=1S/C10H20N2O4S/c1-8(10(13)16-2)17(14,15)12-7-5-9-4-3-6-11-9/h8-9,11-12H,3-7H2,1-2H3/t8?,9-/m0/s1. The highest BCUT2D eigenvalue weighted by Gasteiger charge is 2.28. The Morgan fingerprint density at radius 3 is 2.82 bits per heavy atom. The average molecular weight is 264 g/mol. The van der Waals surface area contributed by atoms with Crippen LogP contribution in [0.25, 0.3) is 0 Å². The number of hydrogen-bond acceptors (Lipinski definition) is 5. The smallest absolute Gasteiger partial charge is 0.325 e. The van der Waals surface area contributed by atoms with Crippen molar-refractivity contribution >= 4 is 16.0 Å². The van der Waals surface area contributed by atoms with E-state index in [-0.39, 0.29) is 0 Å². The highest BCUT2D eigenvalue weighted by molar-refractivity contribution is 7.90. The van der Waals surface area contributed by atoms with Gasteiger partial charge in [0, 0.05) is 12.6 Å². The predicted molar refractivity (Wildman–Crippen MR) is 64.0 cm³/mol. The Hall–Kier alpha value is -0.660. The number of sulfonamides is 1. The summed E-state index contributed by atoms with van der Waals surface area (Å²) in [6.07, 6.45) is 2.96. The van der Waals surface area contributed by atoms with Crippen molar-refractivity contribution in [2.45, 2.75) is 37.5 Å². The van der Waals surface area contributed by atoms with Crippen LogP contribution in [-0.2, 0) is 19.6 Å². The topological polar surface area (TPSA) is 84.5 Å². The molecule has 6 nitrogen and oxygen atoms in total. The van der Waals surface area contributed by atoms with Crippen molar-refractivity contribution in [2.75, 3.05) is 20.2 Å². The zero-order chi connectivity index (χ0) is 12.9. The number of hydrogen-bond donors (Lipinski definition) is 2. The van der Waals surface area contributed by atoms with Crippen LogP contribution in [0, 0.1) is 0 Å². The fourth-order valence-electron chi connectivity index (χ4n) is 1.80. The molecule has 1 saturated heterocycles. The van der Waals surface area contributed by atoms with Crippen LogP contribution in [0.5, 0.6) is 0 Å². The number of methoxy groups -OCH3 is 1. The van der Waals surface area contributed by atoms with Crippen LogP contribution in [0.2, 0.25) is 0 Å². The number of esters is 1. The lowest BCUT2D eigenvalue weighted by Crippen LogP contribution is -2.39. The van der Waals surface area contributed by atoms with Gasteiger partial charge in [0.25, 0.3) is 0 Å². The molecule has 1 fully saturated rings. The van der Waals surface area contributed by atoms with Gasteiger partial charge in [0.1, 0.15) is 0 Å². The maximum absolute atomic E-state index is 11.7. The summed E-state index contributed by atoms with van der Waals surface area (Å²) in [5.41, 5.74) is 0. The summed E-state index contributed by atoms with van der Waals surface area (Å²) < 4.78 is 30.2. The van der Waals surface area contributed by atoms with Gasteiger partial charge in [0.15, 0.2) is 5.25 Å². The zero-order valence-corrected chi connectivity index (χ0v) is 11.0. The summed E-state index contributed by atoms with van der Waals surface area (Å²) in [5.74, 6) is -0.739. The molecule has 100 valence electrons. The summed E-state index contributed by atoms with van der Waals surface area (Å²) in [6, 6.07) is 0.381. The molecule has 1 unspecified atom stereocenters. The van der Waals surface area contributed by atoms with Crippen molar-refractivity contribution in [1.29, 1.82) is 0 Å². The largest absolute Gasteiger partial charge is 0.468 e. The van der Waals surface area contributed by atoms with Gasteiger partial charge in [-0.25, -0.2) is 13.1 Å². The van der Waals surface area contributed by atoms with E-state index in [4.69, 9.17) is 0 Å². The van der Waals surface area contributed by atoms with E-state index < -0.39 is 21.2 Å². The molecule has 0 radical (unpaired) electrons. The van der Waals surface area contributed by atoms with Crippen molar-refractivity contribution in [2.24, 2.45) is 0 Å². The molecule has 0 aliphatic carbocycles. The first-order valence-electron chi connectivity index (χ1n) is 5.77. The third-order valence-electron chi connectivity index (χ3n) is 2.96. The molecule has 0 spiro atoms. The van der Waals surface area contributed by atoms with Crippen molar-refractivity contribution in [3.05, 3.63) is 0 Å². The average Bonchev–Trinajstić information content (AvgIpc) is 2.79. The van der Waals surface area contributed by atoms with Crippen molar-refractivity contribution in [3.63, 3.8) is 0 Å². The fraction of sp³-hybridized carbons (Fsp3) is 0.900. The number of ether oxygens (including phenoxy) is 1. The van der Waals surface area contributed by atoms with Crippen LogP contribution in [0.4, 0.5) is 0 Å². The Bertz CT molecular complexity index is 349. The number of nitrogens with one attached hydrogen (secondary N) is 2. The van der Waals surface area contributed by atoms with Gasteiger partial charge >= 0.3 is 5.97 Å². The SMILES string of the molecule is COC(=O)C(C)S(=O)(=O)NCC[C@@H]1CCCN1. The fourth-order valence-corrected chi connectivity index (χ4v) is 2.80. The molecular weight excluding hydrogens is 244 g/mol. The van der Waals surface area contributed by atoms with Gasteiger partial charge in [0.05, 0.1) is 7.11 Å². The summed E-state index contributed by atoms with van der Waals surface area (Å²) in [6.45, 7) is 2.67. The normalized spacial score (nSPS) is 22.4. The molecule has 1 aliphatic heterocycles. The molecule has 1 aliphatic rings. The van der Waals surface area contributed by atoms with Crippen LogP contribution in [0.1, 0.15) is 26.2 Å². The van der Waals surface area contributed by atoms with E-state index in [1.54, 1.807) is 0 Å². The highest BCUT2D eigenvalue weighted by Crippen LogP contribution is 2.08. The lowest BCUT2D eigenvalue weighted by molar-refractivity contribution is -0.139. The van der Waals surface area contributed by atoms with E-state index in [9.17, 15) is 13.2 Å². The molecule has 2 N–H and O–H groups in total. The van der Waals surface area contributed by atoms with E-state index in [0.29, 0.717) is 12.6 Å². The van der Waals surface area contributed by atoms with Crippen LogP contribution >= 0.6 is 0 Å². The van der Waals surface area contributed by atoms with Crippen LogP contribution in [0.3, 0.4) is 0 Å². The Labute approximate surface area is 102 Å². The highest BCUT2D eigenvalue weighted by atomic mass is 32.2. The Morgan fingerprint density at radius 1 is 1.59 bits per heavy atom. The van der Waals surface area contributed by atoms with Gasteiger partial charge < -0.3 is 10.1 Å². The van der Waals surface area contributed by atoms with Crippen molar-refractivity contribution in [1.82, 2.24) is 10.0 Å². The molecule has 0 aromatic carbocycles. The van der Waals surface area contributed by atoms with Gasteiger partial charge in [0.2, 0.25) is 10.0 Å². The lowest BCUT2D eigenvalue weighted by atomic mass is 10.2. The summed E-state index contributed by atoms with van der Waals surface area (Å²) in [4.78, 5) is 11.1. The van der Waals surface area contributed by atoms with E-state index >= 15 is 0 Å². The maximum atomic E-state index is 11.7. The molecule has 0 saturated carbocycles. The van der Waals surface area contributed by atoms with Gasteiger partial charge in [-0.2, -0.15) is 0 Å². The van der Waals surface area contributed by atoms with Crippen molar-refractivity contribution in [3.8, 4) is 0 Å². The maximum Gasteiger partial charge on any atom is 0.325 e. The van der Waals surface area contributed by atoms with E-state index in [0.717, 1.165) is 25.8 Å². The first kappa shape index (κ1) is 14.4. The third kappa shape index (κ3) is 4.25. The molecule has 0 bridgehead atoms. The Kier molecular flexibility index (Phi) is 5.35.